The quantitative estimate of drug-likeness (QED) is 0.671. The number of amides is 1. The first kappa shape index (κ1) is 19.7. The summed E-state index contributed by atoms with van der Waals surface area (Å²) in [6.07, 6.45) is 1.94. The van der Waals surface area contributed by atoms with Crippen LogP contribution in [0.3, 0.4) is 0 Å². The molecule has 2 heterocycles. The Kier molecular flexibility index (Phi) is 5.69. The maximum Gasteiger partial charge on any atom is 0.279 e. The molecule has 1 fully saturated rings. The van der Waals surface area contributed by atoms with E-state index in [1.54, 1.807) is 25.3 Å². The second-order valence-corrected chi connectivity index (χ2v) is 8.01. The van der Waals surface area contributed by atoms with Crippen LogP contribution in [0.4, 0.5) is 5.69 Å². The molecule has 1 aromatic heterocycles. The summed E-state index contributed by atoms with van der Waals surface area (Å²) >= 11 is 6.04. The number of nitrogens with one attached hydrogen (secondary N) is 2. The number of hydrogen-bond acceptors (Lipinski definition) is 4. The first-order valence-electron chi connectivity index (χ1n) is 9.82. The molecular formula is C21H25ClN5O2+. The van der Waals surface area contributed by atoms with Crippen LogP contribution in [-0.4, -0.2) is 47.6 Å². The van der Waals surface area contributed by atoms with Crippen LogP contribution in [0.5, 0.6) is 5.75 Å². The average molecular weight is 415 g/mol. The van der Waals surface area contributed by atoms with Crippen molar-refractivity contribution in [1.82, 2.24) is 15.0 Å². The number of rotatable bonds is 5. The minimum atomic E-state index is -0.0410. The molecule has 1 aliphatic rings. The van der Waals surface area contributed by atoms with Gasteiger partial charge in [0.05, 0.1) is 37.4 Å². The second kappa shape index (κ2) is 8.39. The Balaban J connectivity index is 1.35. The van der Waals surface area contributed by atoms with Crippen molar-refractivity contribution in [3.05, 3.63) is 47.0 Å². The highest BCUT2D eigenvalue weighted by atomic mass is 35.5. The van der Waals surface area contributed by atoms with Crippen LogP contribution in [-0.2, 0) is 4.79 Å². The van der Waals surface area contributed by atoms with Crippen LogP contribution in [0.15, 0.2) is 36.4 Å². The van der Waals surface area contributed by atoms with Crippen molar-refractivity contribution in [2.45, 2.75) is 25.8 Å². The third-order valence-electron chi connectivity index (χ3n) is 5.48. The summed E-state index contributed by atoms with van der Waals surface area (Å²) in [5, 5.41) is 12.2. The fourth-order valence-electron chi connectivity index (χ4n) is 3.95. The number of carbonyl (C=O) groups is 1. The molecule has 7 nitrogen and oxygen atoms in total. The third kappa shape index (κ3) is 4.36. The minimum absolute atomic E-state index is 0.0410. The monoisotopic (exact) mass is 414 g/mol. The molecule has 1 aliphatic heterocycles. The van der Waals surface area contributed by atoms with Gasteiger partial charge < -0.3 is 15.0 Å². The zero-order valence-electron chi connectivity index (χ0n) is 16.6. The first-order chi connectivity index (χ1) is 14.0. The Morgan fingerprint density at radius 3 is 2.83 bits per heavy atom. The number of quaternary nitrogens is 1. The Morgan fingerprint density at radius 1 is 1.28 bits per heavy atom. The Labute approximate surface area is 174 Å². The number of methoxy groups -OCH3 is 1. The van der Waals surface area contributed by atoms with E-state index in [9.17, 15) is 4.79 Å². The summed E-state index contributed by atoms with van der Waals surface area (Å²) in [6, 6.07) is 11.8. The second-order valence-electron chi connectivity index (χ2n) is 7.58. The van der Waals surface area contributed by atoms with Crippen molar-refractivity contribution in [3.8, 4) is 5.75 Å². The van der Waals surface area contributed by atoms with E-state index in [-0.39, 0.29) is 5.91 Å². The van der Waals surface area contributed by atoms with E-state index in [1.165, 1.54) is 10.5 Å². The molecule has 4 rings (SSSR count). The molecule has 29 heavy (non-hydrogen) atoms. The zero-order chi connectivity index (χ0) is 20.4. The van der Waals surface area contributed by atoms with Gasteiger partial charge in [-0.15, -0.1) is 5.10 Å². The highest BCUT2D eigenvalue weighted by molar-refractivity contribution is 6.31. The van der Waals surface area contributed by atoms with Gasteiger partial charge in [0, 0.05) is 17.9 Å². The van der Waals surface area contributed by atoms with Gasteiger partial charge >= 0.3 is 0 Å². The van der Waals surface area contributed by atoms with Crippen molar-refractivity contribution in [2.24, 2.45) is 0 Å². The van der Waals surface area contributed by atoms with E-state index in [0.29, 0.717) is 29.0 Å². The van der Waals surface area contributed by atoms with Gasteiger partial charge in [0.1, 0.15) is 11.3 Å². The number of benzene rings is 2. The van der Waals surface area contributed by atoms with Crippen molar-refractivity contribution in [1.29, 1.82) is 0 Å². The van der Waals surface area contributed by atoms with Gasteiger partial charge in [-0.2, -0.15) is 0 Å². The van der Waals surface area contributed by atoms with Gasteiger partial charge in [-0.25, -0.2) is 4.68 Å². The molecule has 2 N–H and O–H groups in total. The Morgan fingerprint density at radius 2 is 2.07 bits per heavy atom. The lowest BCUT2D eigenvalue weighted by Gasteiger charge is -2.29. The summed E-state index contributed by atoms with van der Waals surface area (Å²) in [7, 11) is 1.57. The maximum absolute atomic E-state index is 12.5. The van der Waals surface area contributed by atoms with Crippen LogP contribution in [0.25, 0.3) is 11.0 Å². The van der Waals surface area contributed by atoms with Crippen LogP contribution < -0.4 is 15.0 Å². The normalized spacial score (nSPS) is 19.3. The molecular weight excluding hydrogens is 390 g/mol. The van der Waals surface area contributed by atoms with Crippen molar-refractivity contribution >= 4 is 34.2 Å². The van der Waals surface area contributed by atoms with Gasteiger partial charge in [0.2, 0.25) is 0 Å². The number of halogens is 1. The van der Waals surface area contributed by atoms with E-state index in [1.807, 2.05) is 4.68 Å². The lowest BCUT2D eigenvalue weighted by atomic mass is 10.0. The number of nitrogens with zero attached hydrogens (tertiary/aromatic N) is 3. The molecule has 8 heteroatoms. The van der Waals surface area contributed by atoms with Crippen LogP contribution in [0.2, 0.25) is 5.02 Å². The number of carbonyl (C=O) groups excluding carboxylic acids is 1. The number of aromatic nitrogens is 3. The zero-order valence-corrected chi connectivity index (χ0v) is 17.4. The molecule has 0 saturated carbocycles. The minimum Gasteiger partial charge on any atom is -0.495 e. The van der Waals surface area contributed by atoms with Gasteiger partial charge in [-0.05, 0) is 42.8 Å². The number of hydrogen-bond donors (Lipinski definition) is 2. The van der Waals surface area contributed by atoms with E-state index >= 15 is 0 Å². The first-order valence-corrected chi connectivity index (χ1v) is 10.2. The number of piperidine rings is 1. The number of likely N-dealkylation sites (tertiary alicyclic amines) is 1. The van der Waals surface area contributed by atoms with E-state index < -0.39 is 0 Å². The highest BCUT2D eigenvalue weighted by Gasteiger charge is 2.27. The molecule has 1 amide bonds. The largest absolute Gasteiger partial charge is 0.495 e. The summed E-state index contributed by atoms with van der Waals surface area (Å²) in [5.41, 5.74) is 3.80. The summed E-state index contributed by atoms with van der Waals surface area (Å²) < 4.78 is 7.34. The van der Waals surface area contributed by atoms with Gasteiger partial charge in [-0.1, -0.05) is 22.9 Å². The molecule has 0 unspecified atom stereocenters. The molecule has 1 saturated heterocycles. The Bertz CT molecular complexity index is 1030. The van der Waals surface area contributed by atoms with Crippen LogP contribution in [0, 0.1) is 6.92 Å². The highest BCUT2D eigenvalue weighted by Crippen LogP contribution is 2.27. The molecule has 2 aromatic carbocycles. The topological polar surface area (TPSA) is 73.5 Å². The lowest BCUT2D eigenvalue weighted by Crippen LogP contribution is -3.14. The predicted octanol–water partition coefficient (Wildman–Crippen LogP) is 2.26. The fourth-order valence-corrected chi connectivity index (χ4v) is 4.13. The molecule has 0 bridgehead atoms. The number of aryl methyl sites for hydroxylation is 1. The standard InChI is InChI=1S/C21H24ClN5O2/c1-14-3-5-19-17(11-14)24-25-27(19)16-7-9-26(10-8-16)13-21(28)23-18-12-15(22)4-6-20(18)29-2/h3-6,11-12,16H,7-10,13H2,1-2H3,(H,23,28)/p+1. The molecule has 0 atom stereocenters. The van der Waals surface area contributed by atoms with Crippen molar-refractivity contribution in [3.63, 3.8) is 0 Å². The molecule has 0 spiro atoms. The number of ether oxygens (including phenoxy) is 1. The summed E-state index contributed by atoms with van der Waals surface area (Å²) in [4.78, 5) is 13.8. The van der Waals surface area contributed by atoms with E-state index in [4.69, 9.17) is 16.3 Å². The van der Waals surface area contributed by atoms with Gasteiger partial charge in [-0.3, -0.25) is 4.79 Å². The third-order valence-corrected chi connectivity index (χ3v) is 5.72. The molecule has 152 valence electrons. The van der Waals surface area contributed by atoms with Crippen molar-refractivity contribution in [2.75, 3.05) is 32.1 Å². The average Bonchev–Trinajstić information content (AvgIpc) is 3.11. The van der Waals surface area contributed by atoms with Gasteiger partial charge in [0.25, 0.3) is 5.91 Å². The molecule has 0 radical (unpaired) electrons. The summed E-state index contributed by atoms with van der Waals surface area (Å²) in [5.74, 6) is 0.561. The molecule has 3 aromatic rings. The molecule has 0 aliphatic carbocycles. The lowest BCUT2D eigenvalue weighted by molar-refractivity contribution is -0.897. The Hall–Kier alpha value is -2.64. The van der Waals surface area contributed by atoms with E-state index in [0.717, 1.165) is 37.0 Å². The number of anilines is 1. The summed E-state index contributed by atoms with van der Waals surface area (Å²) in [6.45, 7) is 4.31. The maximum atomic E-state index is 12.5. The SMILES string of the molecule is COc1ccc(Cl)cc1NC(=O)C[NH+]1CCC(n2nnc3cc(C)ccc32)CC1. The van der Waals surface area contributed by atoms with E-state index in [2.05, 4.69) is 40.8 Å². The van der Waals surface area contributed by atoms with Crippen LogP contribution in [0.1, 0.15) is 24.4 Å². The number of fused-ring (bicyclic) bond motifs is 1. The van der Waals surface area contributed by atoms with Gasteiger partial charge in [0.15, 0.2) is 6.54 Å². The predicted molar refractivity (Wildman–Crippen MR) is 113 cm³/mol. The van der Waals surface area contributed by atoms with Crippen LogP contribution >= 0.6 is 11.6 Å². The van der Waals surface area contributed by atoms with Crippen molar-refractivity contribution < 1.29 is 14.4 Å². The smallest absolute Gasteiger partial charge is 0.279 e. The fraction of sp³-hybridized carbons (Fsp3) is 0.381.